The molecule has 1 aromatic rings. The molecule has 1 aromatic carbocycles. The van der Waals surface area contributed by atoms with Gasteiger partial charge in [0.1, 0.15) is 0 Å². The molecule has 3 rings (SSSR count). The lowest BCUT2D eigenvalue weighted by Crippen LogP contribution is -2.56. The van der Waals surface area contributed by atoms with Gasteiger partial charge in [-0.1, -0.05) is 12.5 Å². The zero-order chi connectivity index (χ0) is 14.1. The summed E-state index contributed by atoms with van der Waals surface area (Å²) in [4.78, 5) is 17.1. The number of amides is 1. The first-order chi connectivity index (χ1) is 9.65. The maximum atomic E-state index is 12.6. The average Bonchev–Trinajstić information content (AvgIpc) is 2.49. The van der Waals surface area contributed by atoms with E-state index >= 15 is 0 Å². The summed E-state index contributed by atoms with van der Waals surface area (Å²) in [6.07, 6.45) is 3.82. The molecule has 2 heterocycles. The third kappa shape index (κ3) is 3.86. The highest BCUT2D eigenvalue weighted by atomic mass is 35.5. The van der Waals surface area contributed by atoms with Crippen molar-refractivity contribution in [2.45, 2.75) is 32.2 Å². The van der Waals surface area contributed by atoms with E-state index in [0.717, 1.165) is 30.8 Å². The van der Waals surface area contributed by atoms with Crippen molar-refractivity contribution >= 4 is 36.4 Å². The van der Waals surface area contributed by atoms with Gasteiger partial charge in [-0.15, -0.1) is 24.8 Å². The van der Waals surface area contributed by atoms with Gasteiger partial charge in [-0.25, -0.2) is 0 Å². The molecule has 6 heteroatoms. The van der Waals surface area contributed by atoms with E-state index < -0.39 is 0 Å². The molecule has 0 spiro atoms. The van der Waals surface area contributed by atoms with E-state index in [2.05, 4.69) is 4.90 Å². The van der Waals surface area contributed by atoms with E-state index in [4.69, 9.17) is 5.73 Å². The number of nitrogen functional groups attached to an aromatic ring is 1. The van der Waals surface area contributed by atoms with Crippen molar-refractivity contribution in [3.63, 3.8) is 0 Å². The van der Waals surface area contributed by atoms with Crippen molar-refractivity contribution in [1.82, 2.24) is 9.80 Å². The Labute approximate surface area is 144 Å². The molecule has 1 amide bonds. The van der Waals surface area contributed by atoms with Gasteiger partial charge in [-0.05, 0) is 44.0 Å². The highest BCUT2D eigenvalue weighted by Crippen LogP contribution is 2.23. The summed E-state index contributed by atoms with van der Waals surface area (Å²) in [6, 6.07) is 6.19. The molecule has 2 aliphatic rings. The van der Waals surface area contributed by atoms with Crippen LogP contribution in [-0.4, -0.2) is 47.9 Å². The standard InChI is InChI=1S/C16H23N3O.2ClH/c1-12-5-6-13(10-15(12)17)16(20)19-9-8-18-7-3-2-4-14(18)11-19;;/h5-6,10,14H,2-4,7-9,11,17H2,1H3;2*1H. The van der Waals surface area contributed by atoms with Crippen LogP contribution in [-0.2, 0) is 0 Å². The number of aryl methyl sites for hydroxylation is 1. The summed E-state index contributed by atoms with van der Waals surface area (Å²) >= 11 is 0. The van der Waals surface area contributed by atoms with E-state index in [1.165, 1.54) is 25.8 Å². The summed E-state index contributed by atoms with van der Waals surface area (Å²) in [5.41, 5.74) is 8.36. The number of nitrogens with two attached hydrogens (primary N) is 1. The Hall–Kier alpha value is -0.970. The van der Waals surface area contributed by atoms with Crippen LogP contribution in [0.5, 0.6) is 0 Å². The highest BCUT2D eigenvalue weighted by molar-refractivity contribution is 5.95. The van der Waals surface area contributed by atoms with Gasteiger partial charge >= 0.3 is 0 Å². The zero-order valence-corrected chi connectivity index (χ0v) is 14.6. The average molecular weight is 346 g/mol. The van der Waals surface area contributed by atoms with Crippen molar-refractivity contribution in [2.24, 2.45) is 0 Å². The van der Waals surface area contributed by atoms with Crippen LogP contribution in [0, 0.1) is 6.92 Å². The van der Waals surface area contributed by atoms with E-state index in [0.29, 0.717) is 11.7 Å². The second-order valence-corrected chi connectivity index (χ2v) is 6.01. The largest absolute Gasteiger partial charge is 0.398 e. The minimum absolute atomic E-state index is 0. The molecule has 0 radical (unpaired) electrons. The van der Waals surface area contributed by atoms with E-state index in [1.807, 2.05) is 30.0 Å². The number of carbonyl (C=O) groups excluding carboxylic acids is 1. The lowest BCUT2D eigenvalue weighted by atomic mass is 9.99. The van der Waals surface area contributed by atoms with Gasteiger partial charge in [0.2, 0.25) is 0 Å². The van der Waals surface area contributed by atoms with E-state index in [-0.39, 0.29) is 30.7 Å². The van der Waals surface area contributed by atoms with Crippen LogP contribution in [0.4, 0.5) is 5.69 Å². The highest BCUT2D eigenvalue weighted by Gasteiger charge is 2.31. The van der Waals surface area contributed by atoms with Crippen LogP contribution in [0.25, 0.3) is 0 Å². The zero-order valence-electron chi connectivity index (χ0n) is 13.0. The number of piperidine rings is 1. The molecular weight excluding hydrogens is 321 g/mol. The van der Waals surface area contributed by atoms with Crippen molar-refractivity contribution in [2.75, 3.05) is 31.9 Å². The predicted molar refractivity (Wildman–Crippen MR) is 95.2 cm³/mol. The van der Waals surface area contributed by atoms with Crippen LogP contribution in [0.1, 0.15) is 35.2 Å². The van der Waals surface area contributed by atoms with E-state index in [9.17, 15) is 4.79 Å². The molecule has 2 fully saturated rings. The van der Waals surface area contributed by atoms with Crippen molar-refractivity contribution in [3.05, 3.63) is 29.3 Å². The third-order valence-electron chi connectivity index (χ3n) is 4.65. The molecule has 22 heavy (non-hydrogen) atoms. The maximum Gasteiger partial charge on any atom is 0.254 e. The summed E-state index contributed by atoms with van der Waals surface area (Å²) in [6.45, 7) is 5.88. The van der Waals surface area contributed by atoms with Gasteiger partial charge in [0.15, 0.2) is 0 Å². The number of anilines is 1. The van der Waals surface area contributed by atoms with Gasteiger partial charge in [-0.2, -0.15) is 0 Å². The third-order valence-corrected chi connectivity index (χ3v) is 4.65. The first kappa shape index (κ1) is 19.1. The maximum absolute atomic E-state index is 12.6. The van der Waals surface area contributed by atoms with Crippen molar-refractivity contribution in [3.8, 4) is 0 Å². The van der Waals surface area contributed by atoms with Crippen molar-refractivity contribution < 1.29 is 4.79 Å². The molecule has 0 aromatic heterocycles. The van der Waals surface area contributed by atoms with Crippen LogP contribution in [0.15, 0.2) is 18.2 Å². The first-order valence-corrected chi connectivity index (χ1v) is 7.54. The summed E-state index contributed by atoms with van der Waals surface area (Å²) in [5, 5.41) is 0. The number of benzene rings is 1. The SMILES string of the molecule is Cc1ccc(C(=O)N2CCN3CCCCC3C2)cc1N.Cl.Cl. The lowest BCUT2D eigenvalue weighted by molar-refractivity contribution is 0.0372. The van der Waals surface area contributed by atoms with Crippen LogP contribution in [0.2, 0.25) is 0 Å². The predicted octanol–water partition coefficient (Wildman–Crippen LogP) is 2.73. The number of piperazine rings is 1. The minimum atomic E-state index is 0. The van der Waals surface area contributed by atoms with Gasteiger partial charge in [0, 0.05) is 36.9 Å². The quantitative estimate of drug-likeness (QED) is 0.796. The number of hydrogen-bond donors (Lipinski definition) is 1. The van der Waals surface area contributed by atoms with Gasteiger partial charge in [0.25, 0.3) is 5.91 Å². The fraction of sp³-hybridized carbons (Fsp3) is 0.562. The number of hydrogen-bond acceptors (Lipinski definition) is 3. The Balaban J connectivity index is 0.00000121. The molecular formula is C16H25Cl2N3O. The summed E-state index contributed by atoms with van der Waals surface area (Å²) in [7, 11) is 0. The Bertz CT molecular complexity index is 524. The molecule has 2 N–H and O–H groups in total. The second kappa shape index (κ2) is 8.04. The van der Waals surface area contributed by atoms with Crippen LogP contribution < -0.4 is 5.73 Å². The number of rotatable bonds is 1. The summed E-state index contributed by atoms with van der Waals surface area (Å²) in [5.74, 6) is 0.127. The van der Waals surface area contributed by atoms with Crippen LogP contribution >= 0.6 is 24.8 Å². The van der Waals surface area contributed by atoms with Crippen LogP contribution in [0.3, 0.4) is 0 Å². The molecule has 0 bridgehead atoms. The normalized spacial score (nSPS) is 21.3. The second-order valence-electron chi connectivity index (χ2n) is 6.01. The molecule has 1 atom stereocenters. The van der Waals surface area contributed by atoms with E-state index in [1.54, 1.807) is 0 Å². The fourth-order valence-electron chi connectivity index (χ4n) is 3.30. The Morgan fingerprint density at radius 3 is 2.68 bits per heavy atom. The summed E-state index contributed by atoms with van der Waals surface area (Å²) < 4.78 is 0. The number of fused-ring (bicyclic) bond motifs is 1. The molecule has 1 unspecified atom stereocenters. The van der Waals surface area contributed by atoms with Crippen molar-refractivity contribution in [1.29, 1.82) is 0 Å². The fourth-order valence-corrected chi connectivity index (χ4v) is 3.30. The number of nitrogens with zero attached hydrogens (tertiary/aromatic N) is 2. The minimum Gasteiger partial charge on any atom is -0.398 e. The van der Waals surface area contributed by atoms with Gasteiger partial charge in [-0.3, -0.25) is 9.69 Å². The molecule has 0 saturated carbocycles. The molecule has 2 aliphatic heterocycles. The molecule has 124 valence electrons. The monoisotopic (exact) mass is 345 g/mol. The number of halogens is 2. The Morgan fingerprint density at radius 2 is 1.95 bits per heavy atom. The van der Waals surface area contributed by atoms with Gasteiger partial charge < -0.3 is 10.6 Å². The number of carbonyl (C=O) groups is 1. The lowest BCUT2D eigenvalue weighted by Gasteiger charge is -2.44. The Kier molecular flexibility index (Phi) is 6.98. The molecule has 2 saturated heterocycles. The topological polar surface area (TPSA) is 49.6 Å². The molecule has 0 aliphatic carbocycles. The van der Waals surface area contributed by atoms with Gasteiger partial charge in [0.05, 0.1) is 0 Å². The smallest absolute Gasteiger partial charge is 0.254 e. The molecule has 4 nitrogen and oxygen atoms in total. The Morgan fingerprint density at radius 1 is 1.18 bits per heavy atom. The first-order valence-electron chi connectivity index (χ1n) is 7.54.